The number of hydrogen-bond acceptors (Lipinski definition) is 0. The Morgan fingerprint density at radius 1 is 0.911 bits per heavy atom. The van der Waals surface area contributed by atoms with Crippen LogP contribution in [0.2, 0.25) is 0 Å². The van der Waals surface area contributed by atoms with Gasteiger partial charge in [-0.25, -0.2) is 0 Å². The van der Waals surface area contributed by atoms with Crippen LogP contribution in [0.5, 0.6) is 0 Å². The first-order valence-electron chi connectivity index (χ1n) is 18.9. The molecule has 0 nitrogen and oxygen atoms in total. The summed E-state index contributed by atoms with van der Waals surface area (Å²) in [6, 6.07) is 0. The highest BCUT2D eigenvalue weighted by Gasteiger charge is 2.70. The minimum atomic E-state index is 0. The lowest BCUT2D eigenvalue weighted by molar-refractivity contribution is -0.0916. The van der Waals surface area contributed by atoms with Crippen LogP contribution in [0.3, 0.4) is 0 Å². The van der Waals surface area contributed by atoms with E-state index in [0.29, 0.717) is 10.8 Å². The van der Waals surface area contributed by atoms with Gasteiger partial charge in [0, 0.05) is 5.41 Å². The molecule has 0 amide bonds. The van der Waals surface area contributed by atoms with Gasteiger partial charge in [-0.15, -0.1) is 6.58 Å². The SMILES string of the molecule is C.C.C=C1C=CC2(C)C(=C1)CCC1C2C(C)CC2(C)C1CC1CC(CCC)CC12C(=C)CCC1CCCC(CCCC(=C)C)C1. The van der Waals surface area contributed by atoms with Crippen LogP contribution in [0, 0.1) is 63.6 Å². The fourth-order valence-corrected chi connectivity index (χ4v) is 13.6. The average molecular weight is 615 g/mol. The Hall–Kier alpha value is -1.30. The van der Waals surface area contributed by atoms with Crippen molar-refractivity contribution in [2.24, 2.45) is 63.6 Å². The van der Waals surface area contributed by atoms with Crippen LogP contribution in [0.15, 0.2) is 60.3 Å². The number of allylic oxidation sites excluding steroid dienone is 7. The van der Waals surface area contributed by atoms with E-state index in [1.165, 1.54) is 120 Å². The molecule has 11 unspecified atom stereocenters. The van der Waals surface area contributed by atoms with Crippen LogP contribution in [0.25, 0.3) is 0 Å². The summed E-state index contributed by atoms with van der Waals surface area (Å²) in [4.78, 5) is 0. The fraction of sp³-hybridized carbons (Fsp3) is 0.778. The van der Waals surface area contributed by atoms with E-state index in [1.54, 1.807) is 11.1 Å². The second-order valence-electron chi connectivity index (χ2n) is 17.7. The summed E-state index contributed by atoms with van der Waals surface area (Å²) in [7, 11) is 0. The van der Waals surface area contributed by atoms with Crippen LogP contribution < -0.4 is 0 Å². The minimum Gasteiger partial charge on any atom is -0.100 e. The molecule has 45 heavy (non-hydrogen) atoms. The Balaban J connectivity index is 0.00000230. The van der Waals surface area contributed by atoms with Gasteiger partial charge in [0.05, 0.1) is 0 Å². The van der Waals surface area contributed by atoms with Gasteiger partial charge in [-0.1, -0.05) is 129 Å². The number of hydrogen-bond donors (Lipinski definition) is 0. The molecule has 6 rings (SSSR count). The standard InChI is InChI=1S/C43H66.2CH4/c1-9-12-35-25-37-26-39-38-20-19-36-23-30(4)21-22-41(36,7)40(38)31(5)27-42(39,8)43(37,28-35)32(6)17-18-34-16-11-15-33(24-34)14-10-13-29(2)3;;/h21-23,31,33-35,37-40H,2,4,6,9-20,24-28H2,1,3,5,7-8H3;2*1H4. The Morgan fingerprint density at radius 3 is 2.36 bits per heavy atom. The largest absolute Gasteiger partial charge is 0.100 e. The normalized spacial score (nSPS) is 43.1. The molecule has 5 fully saturated rings. The third-order valence-electron chi connectivity index (χ3n) is 15.1. The van der Waals surface area contributed by atoms with Crippen molar-refractivity contribution in [3.8, 4) is 0 Å². The highest BCUT2D eigenvalue weighted by Crippen LogP contribution is 2.78. The van der Waals surface area contributed by atoms with Crippen molar-refractivity contribution in [1.29, 1.82) is 0 Å². The smallest absolute Gasteiger partial charge is 0.0103 e. The maximum Gasteiger partial charge on any atom is 0.0103 e. The second-order valence-corrected chi connectivity index (χ2v) is 17.7. The molecule has 0 aromatic rings. The third kappa shape index (κ3) is 6.21. The summed E-state index contributed by atoms with van der Waals surface area (Å²) < 4.78 is 0. The fourth-order valence-electron chi connectivity index (χ4n) is 13.6. The van der Waals surface area contributed by atoms with E-state index in [2.05, 4.69) is 66.0 Å². The highest BCUT2D eigenvalue weighted by molar-refractivity contribution is 5.44. The molecule has 11 atom stereocenters. The molecule has 0 heteroatoms. The summed E-state index contributed by atoms with van der Waals surface area (Å²) in [6.45, 7) is 26.3. The topological polar surface area (TPSA) is 0 Å². The molecule has 254 valence electrons. The molecular formula is C45H74. The predicted molar refractivity (Wildman–Crippen MR) is 200 cm³/mol. The zero-order valence-electron chi connectivity index (χ0n) is 29.0. The van der Waals surface area contributed by atoms with E-state index in [-0.39, 0.29) is 20.3 Å². The lowest BCUT2D eigenvalue weighted by Gasteiger charge is -2.62. The summed E-state index contributed by atoms with van der Waals surface area (Å²) >= 11 is 0. The van der Waals surface area contributed by atoms with Crippen molar-refractivity contribution in [3.63, 3.8) is 0 Å². The van der Waals surface area contributed by atoms with Crippen molar-refractivity contribution in [3.05, 3.63) is 60.3 Å². The number of rotatable bonds is 10. The Morgan fingerprint density at radius 2 is 1.64 bits per heavy atom. The Kier molecular flexibility index (Phi) is 11.4. The van der Waals surface area contributed by atoms with Crippen LogP contribution in [-0.4, -0.2) is 0 Å². The van der Waals surface area contributed by atoms with Gasteiger partial charge < -0.3 is 0 Å². The molecule has 0 radical (unpaired) electrons. The summed E-state index contributed by atoms with van der Waals surface area (Å²) in [5.74, 6) is 6.99. The lowest BCUT2D eigenvalue weighted by atomic mass is 9.42. The van der Waals surface area contributed by atoms with Crippen LogP contribution in [-0.2, 0) is 0 Å². The van der Waals surface area contributed by atoms with Crippen LogP contribution in [0.1, 0.15) is 159 Å². The van der Waals surface area contributed by atoms with E-state index < -0.39 is 0 Å². The van der Waals surface area contributed by atoms with Gasteiger partial charge in [-0.05, 0) is 141 Å². The summed E-state index contributed by atoms with van der Waals surface area (Å²) in [5.41, 5.74) is 7.02. The molecule has 0 N–H and O–H groups in total. The van der Waals surface area contributed by atoms with Crippen molar-refractivity contribution < 1.29 is 0 Å². The van der Waals surface area contributed by atoms with Gasteiger partial charge in [0.1, 0.15) is 0 Å². The van der Waals surface area contributed by atoms with E-state index in [1.807, 2.05) is 0 Å². The first-order valence-corrected chi connectivity index (χ1v) is 18.9. The monoisotopic (exact) mass is 615 g/mol. The maximum absolute atomic E-state index is 5.15. The average Bonchev–Trinajstić information content (AvgIpc) is 3.44. The highest BCUT2D eigenvalue weighted by atomic mass is 14.7. The minimum absolute atomic E-state index is 0. The second kappa shape index (κ2) is 14.0. The first-order chi connectivity index (χ1) is 20.5. The van der Waals surface area contributed by atoms with Gasteiger partial charge >= 0.3 is 0 Å². The predicted octanol–water partition coefficient (Wildman–Crippen LogP) is 14.1. The molecule has 0 aromatic carbocycles. The first kappa shape index (κ1) is 36.5. The van der Waals surface area contributed by atoms with Crippen LogP contribution >= 0.6 is 0 Å². The Labute approximate surface area is 281 Å². The molecule has 5 saturated carbocycles. The molecule has 6 aliphatic rings. The third-order valence-corrected chi connectivity index (χ3v) is 15.1. The van der Waals surface area contributed by atoms with E-state index >= 15 is 0 Å². The van der Waals surface area contributed by atoms with Crippen molar-refractivity contribution in [1.82, 2.24) is 0 Å². The van der Waals surface area contributed by atoms with Crippen LogP contribution in [0.4, 0.5) is 0 Å². The Bertz CT molecular complexity index is 1150. The number of fused-ring (bicyclic) bond motifs is 7. The molecule has 0 bridgehead atoms. The molecule has 0 aromatic heterocycles. The molecule has 0 saturated heterocycles. The van der Waals surface area contributed by atoms with E-state index in [0.717, 1.165) is 47.3 Å². The summed E-state index contributed by atoms with van der Waals surface area (Å²) in [6.07, 6.45) is 31.3. The van der Waals surface area contributed by atoms with Gasteiger partial charge in [-0.2, -0.15) is 0 Å². The van der Waals surface area contributed by atoms with Gasteiger partial charge in [0.15, 0.2) is 0 Å². The zero-order valence-corrected chi connectivity index (χ0v) is 29.0. The molecule has 0 heterocycles. The summed E-state index contributed by atoms with van der Waals surface area (Å²) in [5, 5.41) is 0. The van der Waals surface area contributed by atoms with Crippen molar-refractivity contribution in [2.75, 3.05) is 0 Å². The van der Waals surface area contributed by atoms with Gasteiger partial charge in [0.25, 0.3) is 0 Å². The van der Waals surface area contributed by atoms with Gasteiger partial charge in [0.2, 0.25) is 0 Å². The molecule has 0 aliphatic heterocycles. The molecular weight excluding hydrogens is 540 g/mol. The quantitative estimate of drug-likeness (QED) is 0.215. The molecule has 6 aliphatic carbocycles. The van der Waals surface area contributed by atoms with E-state index in [4.69, 9.17) is 6.58 Å². The van der Waals surface area contributed by atoms with Crippen molar-refractivity contribution in [2.45, 2.75) is 159 Å². The molecule has 0 spiro atoms. The zero-order chi connectivity index (χ0) is 30.6. The van der Waals surface area contributed by atoms with Crippen molar-refractivity contribution >= 4 is 0 Å². The van der Waals surface area contributed by atoms with E-state index in [9.17, 15) is 0 Å². The maximum atomic E-state index is 5.15. The van der Waals surface area contributed by atoms with Gasteiger partial charge in [-0.3, -0.25) is 0 Å². The lowest BCUT2D eigenvalue weighted by Crippen LogP contribution is -2.55.